The second-order valence-corrected chi connectivity index (χ2v) is 5.88. The molecule has 0 saturated carbocycles. The lowest BCUT2D eigenvalue weighted by molar-refractivity contribution is -0.136. The summed E-state index contributed by atoms with van der Waals surface area (Å²) in [5, 5.41) is 0. The van der Waals surface area contributed by atoms with Crippen molar-refractivity contribution in [1.29, 1.82) is 0 Å². The Labute approximate surface area is 122 Å². The van der Waals surface area contributed by atoms with Crippen LogP contribution in [0.2, 0.25) is 0 Å². The van der Waals surface area contributed by atoms with Gasteiger partial charge in [-0.05, 0) is 37.1 Å². The van der Waals surface area contributed by atoms with Crippen molar-refractivity contribution in [2.75, 3.05) is 13.2 Å². The van der Waals surface area contributed by atoms with Gasteiger partial charge in [-0.25, -0.2) is 0 Å². The molecule has 104 valence electrons. The lowest BCUT2D eigenvalue weighted by Gasteiger charge is -2.38. The van der Waals surface area contributed by atoms with E-state index in [1.165, 1.54) is 11.1 Å². The van der Waals surface area contributed by atoms with Crippen LogP contribution < -0.4 is 5.73 Å². The van der Waals surface area contributed by atoms with Crippen LogP contribution in [0.25, 0.3) is 0 Å². The highest BCUT2D eigenvalue weighted by molar-refractivity contribution is 9.10. The van der Waals surface area contributed by atoms with Gasteiger partial charge in [0.1, 0.15) is 6.04 Å². The average Bonchev–Trinajstić information content (AvgIpc) is 2.32. The first-order chi connectivity index (χ1) is 8.99. The number of benzene rings is 1. The van der Waals surface area contributed by atoms with Crippen LogP contribution in [0.5, 0.6) is 0 Å². The molecule has 0 radical (unpaired) electrons. The van der Waals surface area contributed by atoms with Crippen molar-refractivity contribution in [2.45, 2.75) is 32.5 Å². The summed E-state index contributed by atoms with van der Waals surface area (Å²) in [5.41, 5.74) is 7.91. The SMILES string of the molecule is Cc1cc(Br)ccc1CN1CCO[C@H](C)[C@H]1C(N)=O. The maximum absolute atomic E-state index is 11.6. The fourth-order valence-corrected chi connectivity index (χ4v) is 3.00. The van der Waals surface area contributed by atoms with E-state index in [-0.39, 0.29) is 18.1 Å². The molecule has 1 aromatic rings. The molecule has 5 heteroatoms. The number of rotatable bonds is 3. The molecule has 1 aliphatic heterocycles. The van der Waals surface area contributed by atoms with Crippen LogP contribution in [-0.4, -0.2) is 36.1 Å². The molecule has 0 spiro atoms. The Morgan fingerprint density at radius 1 is 1.58 bits per heavy atom. The number of ether oxygens (including phenoxy) is 1. The second kappa shape index (κ2) is 6.03. The minimum absolute atomic E-state index is 0.151. The Hall–Kier alpha value is -0.910. The Morgan fingerprint density at radius 3 is 2.95 bits per heavy atom. The van der Waals surface area contributed by atoms with Gasteiger partial charge in [0.05, 0.1) is 12.7 Å². The molecule has 19 heavy (non-hydrogen) atoms. The Bertz CT molecular complexity index is 479. The monoisotopic (exact) mass is 326 g/mol. The van der Waals surface area contributed by atoms with Crippen LogP contribution in [0.3, 0.4) is 0 Å². The predicted molar refractivity (Wildman–Crippen MR) is 77.7 cm³/mol. The smallest absolute Gasteiger partial charge is 0.237 e. The van der Waals surface area contributed by atoms with E-state index in [2.05, 4.69) is 39.9 Å². The number of halogens is 1. The molecule has 1 aromatic carbocycles. The summed E-state index contributed by atoms with van der Waals surface area (Å²) >= 11 is 3.46. The highest BCUT2D eigenvalue weighted by Gasteiger charge is 2.33. The molecule has 2 atom stereocenters. The van der Waals surface area contributed by atoms with E-state index in [0.29, 0.717) is 6.61 Å². The van der Waals surface area contributed by atoms with Crippen LogP contribution in [0.4, 0.5) is 0 Å². The fourth-order valence-electron chi connectivity index (χ4n) is 2.53. The van der Waals surface area contributed by atoms with Crippen molar-refractivity contribution in [2.24, 2.45) is 5.73 Å². The first-order valence-corrected chi connectivity index (χ1v) is 7.18. The molecule has 0 bridgehead atoms. The summed E-state index contributed by atoms with van der Waals surface area (Å²) in [7, 11) is 0. The van der Waals surface area contributed by atoms with Gasteiger partial charge in [-0.15, -0.1) is 0 Å². The van der Waals surface area contributed by atoms with E-state index >= 15 is 0 Å². The minimum atomic E-state index is -0.350. The molecule has 1 aliphatic rings. The summed E-state index contributed by atoms with van der Waals surface area (Å²) in [6.45, 7) is 6.06. The fraction of sp³-hybridized carbons (Fsp3) is 0.500. The standard InChI is InChI=1S/C14H19BrN2O2/c1-9-7-12(15)4-3-11(9)8-17-5-6-19-10(2)13(17)14(16)18/h3-4,7,10,13H,5-6,8H2,1-2H3,(H2,16,18)/t10-,13+/m1/s1. The quantitative estimate of drug-likeness (QED) is 0.922. The number of hydrogen-bond acceptors (Lipinski definition) is 3. The molecule has 1 saturated heterocycles. The van der Waals surface area contributed by atoms with Gasteiger partial charge in [0.15, 0.2) is 0 Å². The van der Waals surface area contributed by atoms with Gasteiger partial charge >= 0.3 is 0 Å². The number of hydrogen-bond donors (Lipinski definition) is 1. The number of nitrogens with zero attached hydrogens (tertiary/aromatic N) is 1. The van der Waals surface area contributed by atoms with Crippen molar-refractivity contribution < 1.29 is 9.53 Å². The number of amides is 1. The maximum Gasteiger partial charge on any atom is 0.237 e. The first-order valence-electron chi connectivity index (χ1n) is 6.39. The Morgan fingerprint density at radius 2 is 2.32 bits per heavy atom. The molecule has 2 N–H and O–H groups in total. The summed E-state index contributed by atoms with van der Waals surface area (Å²) in [4.78, 5) is 13.7. The maximum atomic E-state index is 11.6. The van der Waals surface area contributed by atoms with Crippen molar-refractivity contribution in [1.82, 2.24) is 4.90 Å². The summed E-state index contributed by atoms with van der Waals surface area (Å²) in [5.74, 6) is -0.318. The van der Waals surface area contributed by atoms with Gasteiger partial charge < -0.3 is 10.5 Å². The van der Waals surface area contributed by atoms with Gasteiger partial charge in [-0.1, -0.05) is 22.0 Å². The largest absolute Gasteiger partial charge is 0.375 e. The molecular formula is C14H19BrN2O2. The molecule has 0 unspecified atom stereocenters. The van der Waals surface area contributed by atoms with Crippen LogP contribution in [-0.2, 0) is 16.1 Å². The normalized spacial score (nSPS) is 24.4. The van der Waals surface area contributed by atoms with E-state index in [1.54, 1.807) is 0 Å². The van der Waals surface area contributed by atoms with Crippen LogP contribution in [0.1, 0.15) is 18.1 Å². The lowest BCUT2D eigenvalue weighted by Crippen LogP contribution is -2.56. The number of morpholine rings is 1. The van der Waals surface area contributed by atoms with Crippen molar-refractivity contribution >= 4 is 21.8 Å². The minimum Gasteiger partial charge on any atom is -0.375 e. The Kier molecular flexibility index (Phi) is 4.60. The van der Waals surface area contributed by atoms with Gasteiger partial charge in [-0.3, -0.25) is 9.69 Å². The highest BCUT2D eigenvalue weighted by Crippen LogP contribution is 2.21. The van der Waals surface area contributed by atoms with Gasteiger partial charge in [0.25, 0.3) is 0 Å². The van der Waals surface area contributed by atoms with E-state index in [1.807, 2.05) is 13.0 Å². The predicted octanol–water partition coefficient (Wildman–Crippen LogP) is 1.83. The third-order valence-corrected chi connectivity index (χ3v) is 4.06. The zero-order chi connectivity index (χ0) is 14.0. The van der Waals surface area contributed by atoms with E-state index in [4.69, 9.17) is 10.5 Å². The van der Waals surface area contributed by atoms with Gasteiger partial charge in [-0.2, -0.15) is 0 Å². The summed E-state index contributed by atoms with van der Waals surface area (Å²) in [6.07, 6.45) is -0.151. The molecular weight excluding hydrogens is 308 g/mol. The molecule has 0 aromatic heterocycles. The van der Waals surface area contributed by atoms with Crippen molar-refractivity contribution in [3.8, 4) is 0 Å². The molecule has 4 nitrogen and oxygen atoms in total. The van der Waals surface area contributed by atoms with Gasteiger partial charge in [0.2, 0.25) is 5.91 Å². The number of aryl methyl sites for hydroxylation is 1. The third kappa shape index (κ3) is 3.35. The lowest BCUT2D eigenvalue weighted by atomic mass is 10.0. The molecule has 1 fully saturated rings. The van der Waals surface area contributed by atoms with Crippen molar-refractivity contribution in [3.63, 3.8) is 0 Å². The number of carbonyl (C=O) groups excluding carboxylic acids is 1. The van der Waals surface area contributed by atoms with E-state index < -0.39 is 0 Å². The second-order valence-electron chi connectivity index (χ2n) is 4.96. The number of carbonyl (C=O) groups is 1. The molecule has 2 rings (SSSR count). The molecule has 1 heterocycles. The highest BCUT2D eigenvalue weighted by atomic mass is 79.9. The number of primary amides is 1. The molecule has 0 aliphatic carbocycles. The zero-order valence-electron chi connectivity index (χ0n) is 11.2. The van der Waals surface area contributed by atoms with E-state index in [0.717, 1.165) is 17.6 Å². The van der Waals surface area contributed by atoms with E-state index in [9.17, 15) is 4.79 Å². The zero-order valence-corrected chi connectivity index (χ0v) is 12.8. The van der Waals surface area contributed by atoms with Crippen LogP contribution in [0.15, 0.2) is 22.7 Å². The third-order valence-electron chi connectivity index (χ3n) is 3.57. The van der Waals surface area contributed by atoms with Crippen LogP contribution in [0, 0.1) is 6.92 Å². The summed E-state index contributed by atoms with van der Waals surface area (Å²) in [6, 6.07) is 5.83. The van der Waals surface area contributed by atoms with Crippen molar-refractivity contribution in [3.05, 3.63) is 33.8 Å². The molecule has 1 amide bonds. The average molecular weight is 327 g/mol. The van der Waals surface area contributed by atoms with Crippen LogP contribution >= 0.6 is 15.9 Å². The first kappa shape index (κ1) is 14.5. The number of nitrogens with two attached hydrogens (primary N) is 1. The summed E-state index contributed by atoms with van der Waals surface area (Å²) < 4.78 is 6.58. The topological polar surface area (TPSA) is 55.6 Å². The Balaban J connectivity index is 2.18. The van der Waals surface area contributed by atoms with Gasteiger partial charge in [0, 0.05) is 17.6 Å².